The van der Waals surface area contributed by atoms with Gasteiger partial charge in [-0.2, -0.15) is 0 Å². The summed E-state index contributed by atoms with van der Waals surface area (Å²) in [6, 6.07) is 0. The Morgan fingerprint density at radius 1 is 1.25 bits per heavy atom. The van der Waals surface area contributed by atoms with Crippen LogP contribution in [0.3, 0.4) is 0 Å². The first-order valence-corrected chi connectivity index (χ1v) is 2.05. The zero-order valence-corrected chi connectivity index (χ0v) is 8.43. The van der Waals surface area contributed by atoms with E-state index in [1.165, 1.54) is 0 Å². The Labute approximate surface area is 90.2 Å². The average molecular weight is 170 g/mol. The van der Waals surface area contributed by atoms with Gasteiger partial charge in [-0.3, -0.25) is 4.55 Å². The Bertz CT molecular complexity index is 97.2. The fraction of sp³-hybridized carbons (Fsp3) is 0. The molecule has 7 N–H and O–H groups in total. The normalized spacial score (nSPS) is 7.25. The molecule has 0 aliphatic carbocycles. The van der Waals surface area contributed by atoms with Gasteiger partial charge >= 0.3 is 51.4 Å². The van der Waals surface area contributed by atoms with Crippen molar-refractivity contribution in [3.63, 3.8) is 0 Å². The molecule has 8 heavy (non-hydrogen) atoms. The molecule has 0 aliphatic rings. The SMILES string of the molecule is N.N.O=S(=O)([O-])O.[K+]. The fourth-order valence-electron chi connectivity index (χ4n) is 0. The first-order valence-electron chi connectivity index (χ1n) is 0.683. The van der Waals surface area contributed by atoms with Crippen molar-refractivity contribution in [2.75, 3.05) is 0 Å². The van der Waals surface area contributed by atoms with Gasteiger partial charge in [-0.05, 0) is 0 Å². The molecule has 0 fully saturated rings. The maximum atomic E-state index is 8.63. The largest absolute Gasteiger partial charge is 1.00 e. The van der Waals surface area contributed by atoms with E-state index in [2.05, 4.69) is 0 Å². The topological polar surface area (TPSA) is 147 Å². The van der Waals surface area contributed by atoms with Crippen LogP contribution in [0.25, 0.3) is 0 Å². The zero-order valence-electron chi connectivity index (χ0n) is 4.49. The standard InChI is InChI=1S/K.2H3N.H2O4S/c;;;1-5(2,3)4/h;2*1H3;(H2,1,2,3,4)/q+1;;;/p-1. The molecule has 0 bridgehead atoms. The maximum absolute atomic E-state index is 8.63. The van der Waals surface area contributed by atoms with E-state index in [1.54, 1.807) is 0 Å². The zero-order chi connectivity index (χ0) is 4.50. The predicted octanol–water partition coefficient (Wildman–Crippen LogP) is -3.67. The summed E-state index contributed by atoms with van der Waals surface area (Å²) in [7, 11) is -4.92. The molecular weight excluding hydrogens is 163 g/mol. The van der Waals surface area contributed by atoms with Crippen molar-refractivity contribution in [1.82, 2.24) is 12.3 Å². The van der Waals surface area contributed by atoms with Crippen LogP contribution in [-0.2, 0) is 10.4 Å². The number of rotatable bonds is 0. The molecule has 6 nitrogen and oxygen atoms in total. The Balaban J connectivity index is -0.0000000267. The molecule has 0 aromatic rings. The molecule has 0 amide bonds. The molecule has 8 heteroatoms. The second-order valence-electron chi connectivity index (χ2n) is 0.428. The third-order valence-corrected chi connectivity index (χ3v) is 0. The summed E-state index contributed by atoms with van der Waals surface area (Å²) >= 11 is 0. The predicted molar refractivity (Wildman–Crippen MR) is 22.4 cm³/mol. The van der Waals surface area contributed by atoms with E-state index in [0.29, 0.717) is 0 Å². The summed E-state index contributed by atoms with van der Waals surface area (Å²) in [5.41, 5.74) is 0. The van der Waals surface area contributed by atoms with Gasteiger partial charge in [-0.1, -0.05) is 0 Å². The average Bonchev–Trinajstić information content (AvgIpc) is 0.722. The molecule has 0 rings (SSSR count). The second-order valence-corrected chi connectivity index (χ2v) is 1.28. The molecule has 0 aromatic carbocycles. The van der Waals surface area contributed by atoms with Crippen LogP contribution in [-0.4, -0.2) is 17.5 Å². The van der Waals surface area contributed by atoms with Crippen molar-refractivity contribution in [2.24, 2.45) is 0 Å². The molecule has 0 unspecified atom stereocenters. The number of hydrogen-bond acceptors (Lipinski definition) is 5. The van der Waals surface area contributed by atoms with Gasteiger partial charge in [0.15, 0.2) is 0 Å². The minimum atomic E-state index is -4.92. The smallest absolute Gasteiger partial charge is 0.726 e. The van der Waals surface area contributed by atoms with E-state index in [-0.39, 0.29) is 63.7 Å². The van der Waals surface area contributed by atoms with Crippen LogP contribution in [0.2, 0.25) is 0 Å². The van der Waals surface area contributed by atoms with E-state index in [4.69, 9.17) is 17.5 Å². The first-order chi connectivity index (χ1) is 2.00. The first kappa shape index (κ1) is 22.7. The summed E-state index contributed by atoms with van der Waals surface area (Å²) in [5, 5.41) is 0. The van der Waals surface area contributed by atoms with Crippen LogP contribution in [0.1, 0.15) is 0 Å². The van der Waals surface area contributed by atoms with Crippen LogP contribution < -0.4 is 63.7 Å². The van der Waals surface area contributed by atoms with Crippen molar-refractivity contribution in [3.05, 3.63) is 0 Å². The van der Waals surface area contributed by atoms with E-state index >= 15 is 0 Å². The molecule has 0 radical (unpaired) electrons. The van der Waals surface area contributed by atoms with Crippen LogP contribution in [0, 0.1) is 0 Å². The molecule has 0 saturated carbocycles. The van der Waals surface area contributed by atoms with Gasteiger partial charge in [0, 0.05) is 0 Å². The third kappa shape index (κ3) is 151. The van der Waals surface area contributed by atoms with E-state index in [0.717, 1.165) is 0 Å². The van der Waals surface area contributed by atoms with Gasteiger partial charge < -0.3 is 16.9 Å². The summed E-state index contributed by atoms with van der Waals surface area (Å²) in [6.07, 6.45) is 0. The summed E-state index contributed by atoms with van der Waals surface area (Å²) in [5.74, 6) is 0. The molecule has 0 heterocycles. The van der Waals surface area contributed by atoms with Crippen LogP contribution in [0.15, 0.2) is 0 Å². The molecule has 0 saturated heterocycles. The third-order valence-electron chi connectivity index (χ3n) is 0. The molecule has 0 aromatic heterocycles. The Morgan fingerprint density at radius 2 is 1.25 bits per heavy atom. The van der Waals surface area contributed by atoms with E-state index in [1.807, 2.05) is 0 Å². The molecule has 0 atom stereocenters. The summed E-state index contributed by atoms with van der Waals surface area (Å²) in [4.78, 5) is 0. The molecule has 0 spiro atoms. The Morgan fingerprint density at radius 3 is 1.25 bits per heavy atom. The molecule has 48 valence electrons. The second kappa shape index (κ2) is 8.43. The minimum Gasteiger partial charge on any atom is -0.726 e. The monoisotopic (exact) mass is 170 g/mol. The van der Waals surface area contributed by atoms with Crippen molar-refractivity contribution in [2.45, 2.75) is 0 Å². The minimum absolute atomic E-state index is 0. The van der Waals surface area contributed by atoms with Crippen LogP contribution in [0.4, 0.5) is 0 Å². The quantitative estimate of drug-likeness (QED) is 0.194. The van der Waals surface area contributed by atoms with Crippen LogP contribution >= 0.6 is 0 Å². The molecular formula is H7KN2O4S. The molecule has 0 aliphatic heterocycles. The van der Waals surface area contributed by atoms with Gasteiger partial charge in [-0.15, -0.1) is 0 Å². The van der Waals surface area contributed by atoms with Crippen molar-refractivity contribution in [3.8, 4) is 0 Å². The maximum Gasteiger partial charge on any atom is 1.00 e. The van der Waals surface area contributed by atoms with Crippen molar-refractivity contribution >= 4 is 10.4 Å². The van der Waals surface area contributed by atoms with E-state index < -0.39 is 10.4 Å². The summed E-state index contributed by atoms with van der Waals surface area (Å²) in [6.45, 7) is 0. The van der Waals surface area contributed by atoms with Gasteiger partial charge in [0.1, 0.15) is 0 Å². The van der Waals surface area contributed by atoms with Gasteiger partial charge in [-0.25, -0.2) is 8.42 Å². The van der Waals surface area contributed by atoms with Crippen LogP contribution in [0.5, 0.6) is 0 Å². The Kier molecular flexibility index (Phi) is 23.9. The van der Waals surface area contributed by atoms with Crippen molar-refractivity contribution in [1.29, 1.82) is 0 Å². The van der Waals surface area contributed by atoms with Crippen molar-refractivity contribution < 1.29 is 68.9 Å². The van der Waals surface area contributed by atoms with E-state index in [9.17, 15) is 0 Å². The van der Waals surface area contributed by atoms with Gasteiger partial charge in [0.25, 0.3) is 0 Å². The fourth-order valence-corrected chi connectivity index (χ4v) is 0. The van der Waals surface area contributed by atoms with Gasteiger partial charge in [0.05, 0.1) is 0 Å². The van der Waals surface area contributed by atoms with Gasteiger partial charge in [0.2, 0.25) is 10.4 Å². The Hall–Kier alpha value is 1.43. The summed E-state index contributed by atoms with van der Waals surface area (Å²) < 4.78 is 32.8. The number of hydrogen-bond donors (Lipinski definition) is 3.